The molecule has 0 fully saturated rings. The third kappa shape index (κ3) is 2.54. The van der Waals surface area contributed by atoms with Crippen LogP contribution in [0.2, 0.25) is 0 Å². The molecule has 2 heterocycles. The van der Waals surface area contributed by atoms with Gasteiger partial charge in [0.25, 0.3) is 0 Å². The van der Waals surface area contributed by atoms with Crippen LogP contribution in [-0.2, 0) is 19.4 Å². The molecular weight excluding hydrogens is 306 g/mol. The summed E-state index contributed by atoms with van der Waals surface area (Å²) in [7, 11) is 0. The van der Waals surface area contributed by atoms with Gasteiger partial charge < -0.3 is 15.5 Å². The van der Waals surface area contributed by atoms with Crippen molar-refractivity contribution >= 4 is 11.3 Å². The molecule has 0 unspecified atom stereocenters. The first kappa shape index (κ1) is 15.0. The van der Waals surface area contributed by atoms with Gasteiger partial charge >= 0.3 is 0 Å². The van der Waals surface area contributed by atoms with Crippen LogP contribution in [0.5, 0.6) is 11.5 Å². The van der Waals surface area contributed by atoms with E-state index in [9.17, 15) is 10.2 Å². The number of benzene rings is 1. The summed E-state index contributed by atoms with van der Waals surface area (Å²) in [5.74, 6) is 0.954. The van der Waals surface area contributed by atoms with E-state index < -0.39 is 0 Å². The summed E-state index contributed by atoms with van der Waals surface area (Å²) >= 11 is 1.93. The van der Waals surface area contributed by atoms with E-state index in [0.29, 0.717) is 17.9 Å². The number of nitrogens with one attached hydrogen (secondary N) is 1. The Labute approximate surface area is 141 Å². The standard InChI is InChI=1S/C19H23NO2S/c1-10(2)5-12-7-14-18(23-12)9-20-15-4-3-11-6-16(21)17(22)8-13(11)19(14)15/h6-8,10,15,19-22H,3-5,9H2,1-2H3/t15-,19+/m1/s1. The highest BCUT2D eigenvalue weighted by Gasteiger charge is 2.36. The Balaban J connectivity index is 1.80. The molecule has 0 saturated heterocycles. The minimum absolute atomic E-state index is 0.00277. The Hall–Kier alpha value is -1.52. The number of fused-ring (bicyclic) bond motifs is 5. The van der Waals surface area contributed by atoms with E-state index in [1.165, 1.54) is 26.4 Å². The van der Waals surface area contributed by atoms with Gasteiger partial charge in [0.2, 0.25) is 0 Å². The Morgan fingerprint density at radius 1 is 1.17 bits per heavy atom. The van der Waals surface area contributed by atoms with Crippen LogP contribution < -0.4 is 5.32 Å². The molecule has 1 aromatic carbocycles. The molecule has 3 N–H and O–H groups in total. The summed E-state index contributed by atoms with van der Waals surface area (Å²) in [6.45, 7) is 5.48. The largest absolute Gasteiger partial charge is 0.504 e. The second-order valence-electron chi connectivity index (χ2n) is 7.23. The molecule has 122 valence electrons. The zero-order valence-corrected chi connectivity index (χ0v) is 14.4. The van der Waals surface area contributed by atoms with Crippen LogP contribution in [0.4, 0.5) is 0 Å². The fraction of sp³-hybridized carbons (Fsp3) is 0.474. The van der Waals surface area contributed by atoms with Crippen LogP contribution in [0.15, 0.2) is 18.2 Å². The van der Waals surface area contributed by atoms with Crippen LogP contribution in [0.1, 0.15) is 52.6 Å². The van der Waals surface area contributed by atoms with Crippen molar-refractivity contribution in [2.24, 2.45) is 5.92 Å². The summed E-state index contributed by atoms with van der Waals surface area (Å²) in [6, 6.07) is 6.34. The molecular formula is C19H23NO2S. The highest BCUT2D eigenvalue weighted by molar-refractivity contribution is 7.12. The molecule has 0 saturated carbocycles. The number of thiophene rings is 1. The van der Waals surface area contributed by atoms with Crippen molar-refractivity contribution in [3.63, 3.8) is 0 Å². The van der Waals surface area contributed by atoms with Crippen molar-refractivity contribution in [2.75, 3.05) is 0 Å². The maximum absolute atomic E-state index is 9.97. The normalized spacial score (nSPS) is 22.6. The van der Waals surface area contributed by atoms with Gasteiger partial charge in [0, 0.05) is 28.3 Å². The van der Waals surface area contributed by atoms with E-state index in [1.54, 1.807) is 12.1 Å². The molecule has 23 heavy (non-hydrogen) atoms. The maximum Gasteiger partial charge on any atom is 0.157 e. The lowest BCUT2D eigenvalue weighted by molar-refractivity contribution is 0.382. The molecule has 1 aromatic heterocycles. The highest BCUT2D eigenvalue weighted by atomic mass is 32.1. The average Bonchev–Trinajstić information content (AvgIpc) is 2.89. The minimum Gasteiger partial charge on any atom is -0.504 e. The van der Waals surface area contributed by atoms with Gasteiger partial charge in [0.1, 0.15) is 0 Å². The maximum atomic E-state index is 9.97. The quantitative estimate of drug-likeness (QED) is 0.732. The fourth-order valence-electron chi connectivity index (χ4n) is 4.07. The molecule has 0 bridgehead atoms. The Bertz CT molecular complexity index is 750. The predicted molar refractivity (Wildman–Crippen MR) is 93.4 cm³/mol. The molecule has 4 heteroatoms. The molecule has 0 amide bonds. The summed E-state index contributed by atoms with van der Waals surface area (Å²) in [6.07, 6.45) is 3.16. The third-order valence-corrected chi connectivity index (χ3v) is 6.23. The zero-order chi connectivity index (χ0) is 16.1. The van der Waals surface area contributed by atoms with Gasteiger partial charge in [-0.3, -0.25) is 0 Å². The van der Waals surface area contributed by atoms with Crippen molar-refractivity contribution in [1.29, 1.82) is 0 Å². The molecule has 0 radical (unpaired) electrons. The van der Waals surface area contributed by atoms with Crippen molar-refractivity contribution in [2.45, 2.75) is 51.6 Å². The Morgan fingerprint density at radius 2 is 1.96 bits per heavy atom. The first-order valence-corrected chi connectivity index (χ1v) is 9.24. The number of aromatic hydroxyl groups is 2. The van der Waals surface area contributed by atoms with Crippen LogP contribution in [-0.4, -0.2) is 16.3 Å². The van der Waals surface area contributed by atoms with Gasteiger partial charge in [-0.05, 0) is 60.1 Å². The SMILES string of the molecule is CC(C)Cc1cc2c(s1)CN[C@@H]1CCc3cc(O)c(O)cc3[C@@H]21. The van der Waals surface area contributed by atoms with Crippen LogP contribution >= 0.6 is 11.3 Å². The number of hydrogen-bond acceptors (Lipinski definition) is 4. The highest BCUT2D eigenvalue weighted by Crippen LogP contribution is 2.46. The third-order valence-electron chi connectivity index (χ3n) is 5.06. The first-order valence-electron chi connectivity index (χ1n) is 8.42. The smallest absolute Gasteiger partial charge is 0.157 e. The van der Waals surface area contributed by atoms with Crippen LogP contribution in [0.25, 0.3) is 0 Å². The van der Waals surface area contributed by atoms with Gasteiger partial charge in [-0.2, -0.15) is 0 Å². The average molecular weight is 329 g/mol. The first-order chi connectivity index (χ1) is 11.0. The second-order valence-corrected chi connectivity index (χ2v) is 8.45. The van der Waals surface area contributed by atoms with E-state index in [2.05, 4.69) is 25.2 Å². The number of aryl methyl sites for hydroxylation is 1. The summed E-state index contributed by atoms with van der Waals surface area (Å²) < 4.78 is 0. The molecule has 1 aliphatic carbocycles. The lowest BCUT2D eigenvalue weighted by atomic mass is 9.74. The Morgan fingerprint density at radius 3 is 2.74 bits per heavy atom. The van der Waals surface area contributed by atoms with Gasteiger partial charge in [0.05, 0.1) is 0 Å². The lowest BCUT2D eigenvalue weighted by Gasteiger charge is -2.38. The molecule has 2 atom stereocenters. The van der Waals surface area contributed by atoms with Crippen molar-refractivity contribution in [3.8, 4) is 11.5 Å². The lowest BCUT2D eigenvalue weighted by Crippen LogP contribution is -2.41. The van der Waals surface area contributed by atoms with E-state index in [-0.39, 0.29) is 11.5 Å². The predicted octanol–water partition coefficient (Wildman–Crippen LogP) is 3.91. The van der Waals surface area contributed by atoms with Crippen molar-refractivity contribution in [1.82, 2.24) is 5.32 Å². The van der Waals surface area contributed by atoms with Crippen molar-refractivity contribution < 1.29 is 10.2 Å². The topological polar surface area (TPSA) is 52.5 Å². The van der Waals surface area contributed by atoms with Crippen LogP contribution in [0, 0.1) is 5.92 Å². The van der Waals surface area contributed by atoms with Gasteiger partial charge in [0.15, 0.2) is 11.5 Å². The molecule has 2 aromatic rings. The monoisotopic (exact) mass is 329 g/mol. The molecule has 0 spiro atoms. The van der Waals surface area contributed by atoms with E-state index in [1.807, 2.05) is 11.3 Å². The fourth-order valence-corrected chi connectivity index (χ4v) is 5.45. The number of phenolic OH excluding ortho intramolecular Hbond substituents is 2. The minimum atomic E-state index is -0.00541. The van der Waals surface area contributed by atoms with Gasteiger partial charge in [-0.25, -0.2) is 0 Å². The van der Waals surface area contributed by atoms with Crippen LogP contribution in [0.3, 0.4) is 0 Å². The zero-order valence-electron chi connectivity index (χ0n) is 13.6. The summed E-state index contributed by atoms with van der Waals surface area (Å²) in [5, 5.41) is 23.5. The number of hydrogen-bond donors (Lipinski definition) is 3. The number of phenols is 2. The van der Waals surface area contributed by atoms with E-state index >= 15 is 0 Å². The van der Waals surface area contributed by atoms with E-state index in [4.69, 9.17) is 0 Å². The van der Waals surface area contributed by atoms with E-state index in [0.717, 1.165) is 25.8 Å². The summed E-state index contributed by atoms with van der Waals surface area (Å²) in [5.41, 5.74) is 3.78. The number of rotatable bonds is 2. The Kier molecular flexibility index (Phi) is 3.62. The second kappa shape index (κ2) is 5.53. The molecule has 1 aliphatic heterocycles. The molecule has 2 aliphatic rings. The molecule has 4 rings (SSSR count). The van der Waals surface area contributed by atoms with Gasteiger partial charge in [-0.1, -0.05) is 13.8 Å². The van der Waals surface area contributed by atoms with Crippen molar-refractivity contribution in [3.05, 3.63) is 44.6 Å². The summed E-state index contributed by atoms with van der Waals surface area (Å²) in [4.78, 5) is 2.89. The van der Waals surface area contributed by atoms with Gasteiger partial charge in [-0.15, -0.1) is 11.3 Å². The molecule has 3 nitrogen and oxygen atoms in total.